The second kappa shape index (κ2) is 4.53. The summed E-state index contributed by atoms with van der Waals surface area (Å²) in [6.45, 7) is 4.16. The fourth-order valence-corrected chi connectivity index (χ4v) is 1.92. The molecule has 17 heavy (non-hydrogen) atoms. The van der Waals surface area contributed by atoms with Gasteiger partial charge in [-0.25, -0.2) is 14.3 Å². The molecule has 0 unspecified atom stereocenters. The van der Waals surface area contributed by atoms with Crippen molar-refractivity contribution in [1.29, 1.82) is 0 Å². The Morgan fingerprint density at radius 1 is 1.47 bits per heavy atom. The largest absolute Gasteiger partial charge is 0.478 e. The molecule has 0 aliphatic carbocycles. The van der Waals surface area contributed by atoms with E-state index in [4.69, 9.17) is 5.11 Å². The van der Waals surface area contributed by atoms with Crippen LogP contribution < -0.4 is 0 Å². The number of fused-ring (bicyclic) bond motifs is 1. The molecule has 0 fully saturated rings. The van der Waals surface area contributed by atoms with E-state index in [0.717, 1.165) is 18.7 Å². The van der Waals surface area contributed by atoms with Crippen LogP contribution in [0.25, 0.3) is 5.65 Å². The van der Waals surface area contributed by atoms with Gasteiger partial charge in [0.15, 0.2) is 11.5 Å². The molecule has 90 valence electrons. The lowest BCUT2D eigenvalue weighted by Crippen LogP contribution is -2.00. The van der Waals surface area contributed by atoms with Crippen molar-refractivity contribution in [1.82, 2.24) is 14.6 Å². The number of hydrogen-bond acceptors (Lipinski definition) is 3. The molecule has 0 bridgehead atoms. The Balaban J connectivity index is 2.57. The highest BCUT2D eigenvalue weighted by molar-refractivity contribution is 5.94. The molecule has 0 aromatic carbocycles. The average molecular weight is 233 g/mol. The summed E-state index contributed by atoms with van der Waals surface area (Å²) >= 11 is 0. The molecule has 1 N–H and O–H groups in total. The van der Waals surface area contributed by atoms with Gasteiger partial charge in [-0.2, -0.15) is 5.10 Å². The summed E-state index contributed by atoms with van der Waals surface area (Å²) in [6.07, 6.45) is 3.63. The van der Waals surface area contributed by atoms with Crippen LogP contribution in [0.5, 0.6) is 0 Å². The van der Waals surface area contributed by atoms with Crippen LogP contribution in [0.3, 0.4) is 0 Å². The molecule has 0 amide bonds. The lowest BCUT2D eigenvalue weighted by Gasteiger charge is -2.05. The molecule has 0 saturated carbocycles. The number of aromatic carboxylic acids is 1. The summed E-state index contributed by atoms with van der Waals surface area (Å²) < 4.78 is 1.54. The number of pyridine rings is 1. The number of carboxylic acid groups (broad SMARTS) is 1. The summed E-state index contributed by atoms with van der Waals surface area (Å²) in [7, 11) is 0. The van der Waals surface area contributed by atoms with Gasteiger partial charge in [0.05, 0.1) is 0 Å². The van der Waals surface area contributed by atoms with Crippen LogP contribution in [-0.4, -0.2) is 25.7 Å². The predicted molar refractivity (Wildman–Crippen MR) is 63.3 cm³/mol. The third-order valence-corrected chi connectivity index (χ3v) is 2.96. The van der Waals surface area contributed by atoms with Gasteiger partial charge in [0.25, 0.3) is 0 Å². The van der Waals surface area contributed by atoms with Gasteiger partial charge in [-0.1, -0.05) is 13.8 Å². The van der Waals surface area contributed by atoms with E-state index in [1.807, 2.05) is 0 Å². The zero-order valence-corrected chi connectivity index (χ0v) is 9.92. The van der Waals surface area contributed by atoms with Crippen molar-refractivity contribution in [3.8, 4) is 0 Å². The minimum absolute atomic E-state index is 0.192. The number of rotatable bonds is 4. The van der Waals surface area contributed by atoms with Crippen molar-refractivity contribution in [2.24, 2.45) is 0 Å². The lowest BCUT2D eigenvalue weighted by molar-refractivity contribution is 0.0698. The van der Waals surface area contributed by atoms with Gasteiger partial charge < -0.3 is 5.11 Å². The molecule has 0 atom stereocenters. The number of nitrogens with zero attached hydrogens (tertiary/aromatic N) is 3. The van der Waals surface area contributed by atoms with Crippen LogP contribution in [-0.2, 0) is 0 Å². The van der Waals surface area contributed by atoms with Gasteiger partial charge in [-0.05, 0) is 25.0 Å². The molecular formula is C12H15N3O2. The topological polar surface area (TPSA) is 67.5 Å². The first kappa shape index (κ1) is 11.6. The van der Waals surface area contributed by atoms with Crippen molar-refractivity contribution >= 4 is 11.6 Å². The Kier molecular flexibility index (Phi) is 3.08. The molecule has 2 aromatic heterocycles. The fourth-order valence-electron chi connectivity index (χ4n) is 1.92. The summed E-state index contributed by atoms with van der Waals surface area (Å²) in [5.41, 5.74) is 0.610. The molecule has 2 rings (SSSR count). The lowest BCUT2D eigenvalue weighted by atomic mass is 10.0. The third-order valence-electron chi connectivity index (χ3n) is 2.96. The van der Waals surface area contributed by atoms with E-state index in [1.165, 1.54) is 4.52 Å². The van der Waals surface area contributed by atoms with Crippen LogP contribution in [0.1, 0.15) is 48.8 Å². The number of aromatic nitrogens is 3. The summed E-state index contributed by atoms with van der Waals surface area (Å²) in [6, 6.07) is 3.21. The molecule has 0 radical (unpaired) electrons. The maximum absolute atomic E-state index is 11.1. The van der Waals surface area contributed by atoms with Crippen LogP contribution in [0.4, 0.5) is 0 Å². The summed E-state index contributed by atoms with van der Waals surface area (Å²) in [5, 5.41) is 13.4. The van der Waals surface area contributed by atoms with Gasteiger partial charge in [0.1, 0.15) is 5.56 Å². The van der Waals surface area contributed by atoms with Crippen LogP contribution >= 0.6 is 0 Å². The van der Waals surface area contributed by atoms with E-state index in [2.05, 4.69) is 23.9 Å². The highest BCUT2D eigenvalue weighted by Crippen LogP contribution is 2.21. The van der Waals surface area contributed by atoms with Crippen molar-refractivity contribution in [3.63, 3.8) is 0 Å². The minimum atomic E-state index is -0.973. The van der Waals surface area contributed by atoms with E-state index in [1.54, 1.807) is 18.3 Å². The van der Waals surface area contributed by atoms with Gasteiger partial charge >= 0.3 is 5.97 Å². The monoisotopic (exact) mass is 233 g/mol. The van der Waals surface area contributed by atoms with E-state index >= 15 is 0 Å². The molecule has 2 aromatic rings. The maximum Gasteiger partial charge on any atom is 0.339 e. The van der Waals surface area contributed by atoms with Crippen molar-refractivity contribution in [2.45, 2.75) is 32.6 Å². The average Bonchev–Trinajstić information content (AvgIpc) is 2.73. The molecule has 5 nitrogen and oxygen atoms in total. The standard InChI is InChI=1S/C12H15N3O2/c1-3-8(4-2)10-13-11-9(12(16)17)6-5-7-15(11)14-10/h5-8H,3-4H2,1-2H3,(H,16,17). The highest BCUT2D eigenvalue weighted by Gasteiger charge is 2.17. The van der Waals surface area contributed by atoms with Crippen LogP contribution in [0, 0.1) is 0 Å². The van der Waals surface area contributed by atoms with Gasteiger partial charge in [-0.15, -0.1) is 0 Å². The van der Waals surface area contributed by atoms with Crippen molar-refractivity contribution < 1.29 is 9.90 Å². The molecular weight excluding hydrogens is 218 g/mol. The zero-order chi connectivity index (χ0) is 12.4. The molecule has 0 saturated heterocycles. The Morgan fingerprint density at radius 2 is 2.18 bits per heavy atom. The maximum atomic E-state index is 11.1. The molecule has 0 spiro atoms. The second-order valence-electron chi connectivity index (χ2n) is 3.98. The van der Waals surface area contributed by atoms with E-state index in [0.29, 0.717) is 5.65 Å². The van der Waals surface area contributed by atoms with E-state index in [9.17, 15) is 4.79 Å². The Labute approximate surface area is 99.1 Å². The second-order valence-corrected chi connectivity index (χ2v) is 3.98. The summed E-state index contributed by atoms with van der Waals surface area (Å²) in [4.78, 5) is 15.4. The SMILES string of the molecule is CCC(CC)c1nc2c(C(=O)O)cccn2n1. The van der Waals surface area contributed by atoms with Gasteiger partial charge in [-0.3, -0.25) is 0 Å². The third kappa shape index (κ3) is 2.00. The first-order valence-corrected chi connectivity index (χ1v) is 5.76. The van der Waals surface area contributed by atoms with Gasteiger partial charge in [0, 0.05) is 12.1 Å². The fraction of sp³-hybridized carbons (Fsp3) is 0.417. The van der Waals surface area contributed by atoms with Crippen molar-refractivity contribution in [2.75, 3.05) is 0 Å². The Bertz CT molecular complexity index is 544. The Morgan fingerprint density at radius 3 is 2.76 bits per heavy atom. The highest BCUT2D eigenvalue weighted by atomic mass is 16.4. The quantitative estimate of drug-likeness (QED) is 0.880. The van der Waals surface area contributed by atoms with Crippen molar-refractivity contribution in [3.05, 3.63) is 29.7 Å². The number of carboxylic acids is 1. The number of hydrogen-bond donors (Lipinski definition) is 1. The first-order chi connectivity index (χ1) is 8.17. The first-order valence-electron chi connectivity index (χ1n) is 5.76. The molecule has 0 aliphatic heterocycles. The Hall–Kier alpha value is -1.91. The minimum Gasteiger partial charge on any atom is -0.478 e. The molecule has 0 aliphatic rings. The van der Waals surface area contributed by atoms with Crippen LogP contribution in [0.15, 0.2) is 18.3 Å². The van der Waals surface area contributed by atoms with Crippen LogP contribution in [0.2, 0.25) is 0 Å². The molecule has 2 heterocycles. The molecule has 5 heteroatoms. The van der Waals surface area contributed by atoms with Gasteiger partial charge in [0.2, 0.25) is 0 Å². The summed E-state index contributed by atoms with van der Waals surface area (Å²) in [5.74, 6) is 0.0411. The van der Waals surface area contributed by atoms with E-state index < -0.39 is 5.97 Å². The van der Waals surface area contributed by atoms with E-state index in [-0.39, 0.29) is 11.5 Å². The zero-order valence-electron chi connectivity index (χ0n) is 9.92. The smallest absolute Gasteiger partial charge is 0.339 e. The predicted octanol–water partition coefficient (Wildman–Crippen LogP) is 2.33. The normalized spacial score (nSPS) is 11.2. The number of carbonyl (C=O) groups is 1.